The number of nitrogens with zero attached hydrogens (tertiary/aromatic N) is 5. The molecule has 4 aromatic heterocycles. The fourth-order valence-electron chi connectivity index (χ4n) is 3.14. The van der Waals surface area contributed by atoms with Crippen molar-refractivity contribution in [1.29, 1.82) is 0 Å². The Morgan fingerprint density at radius 3 is 2.97 bits per heavy atom. The number of rotatable bonds is 8. The predicted molar refractivity (Wildman–Crippen MR) is 123 cm³/mol. The number of carbonyl (C=O) groups is 1. The molecule has 0 aliphatic carbocycles. The number of allylic oxidation sites excluding steroid dienone is 1. The van der Waals surface area contributed by atoms with Crippen LogP contribution in [0.15, 0.2) is 60.6 Å². The quantitative estimate of drug-likeness (QED) is 0.391. The van der Waals surface area contributed by atoms with E-state index in [1.807, 2.05) is 30.1 Å². The summed E-state index contributed by atoms with van der Waals surface area (Å²) in [6.45, 7) is 4.59. The Balaban J connectivity index is 1.36. The first-order valence-corrected chi connectivity index (χ1v) is 11.1. The van der Waals surface area contributed by atoms with Crippen molar-refractivity contribution in [2.24, 2.45) is 0 Å². The second-order valence-electron chi connectivity index (χ2n) is 7.55. The van der Waals surface area contributed by atoms with Crippen LogP contribution in [-0.4, -0.2) is 30.0 Å². The van der Waals surface area contributed by atoms with Crippen molar-refractivity contribution < 1.29 is 9.18 Å². The molecule has 0 spiro atoms. The van der Waals surface area contributed by atoms with Crippen LogP contribution in [0, 0.1) is 5.95 Å². The van der Waals surface area contributed by atoms with Crippen LogP contribution in [0.25, 0.3) is 6.08 Å². The maximum absolute atomic E-state index is 13.3. The second-order valence-corrected chi connectivity index (χ2v) is 8.41. The molecule has 0 aliphatic rings. The summed E-state index contributed by atoms with van der Waals surface area (Å²) >= 11 is 1.38. The fourth-order valence-corrected chi connectivity index (χ4v) is 3.85. The molecule has 0 bridgehead atoms. The summed E-state index contributed by atoms with van der Waals surface area (Å²) in [6.07, 6.45) is 11.6. The second kappa shape index (κ2) is 9.69. The van der Waals surface area contributed by atoms with Crippen LogP contribution in [-0.2, 0) is 13.0 Å². The number of carbonyl (C=O) groups excluding carboxylic acids is 1. The SMILES string of the molecule is CC(C)n1cnc(/C=C/Cc2csc(NC(=O)c3cccn3Cc3ccnc(F)c3)n2)c1. The molecule has 1 N–H and O–H groups in total. The minimum atomic E-state index is -0.543. The third kappa shape index (κ3) is 5.36. The molecule has 7 nitrogen and oxygen atoms in total. The summed E-state index contributed by atoms with van der Waals surface area (Å²) in [7, 11) is 0. The van der Waals surface area contributed by atoms with E-state index in [0.717, 1.165) is 17.0 Å². The van der Waals surface area contributed by atoms with Gasteiger partial charge in [0.15, 0.2) is 5.13 Å². The molecule has 4 aromatic rings. The number of amides is 1. The Bertz CT molecular complexity index is 1240. The largest absolute Gasteiger partial charge is 0.339 e. The molecule has 0 aromatic carbocycles. The van der Waals surface area contributed by atoms with E-state index in [2.05, 4.69) is 38.7 Å². The summed E-state index contributed by atoms with van der Waals surface area (Å²) < 4.78 is 17.2. The first-order valence-electron chi connectivity index (χ1n) is 10.2. The van der Waals surface area contributed by atoms with E-state index in [4.69, 9.17) is 0 Å². The number of thiazole rings is 1. The minimum Gasteiger partial charge on any atom is -0.339 e. The van der Waals surface area contributed by atoms with Gasteiger partial charge in [-0.3, -0.25) is 10.1 Å². The molecule has 0 aliphatic heterocycles. The topological polar surface area (TPSA) is 77.6 Å². The maximum Gasteiger partial charge on any atom is 0.274 e. The average molecular weight is 451 g/mol. The Kier molecular flexibility index (Phi) is 6.55. The molecule has 0 unspecified atom stereocenters. The monoisotopic (exact) mass is 450 g/mol. The summed E-state index contributed by atoms with van der Waals surface area (Å²) in [5.74, 6) is -0.807. The lowest BCUT2D eigenvalue weighted by Gasteiger charge is -2.09. The summed E-state index contributed by atoms with van der Waals surface area (Å²) in [5.41, 5.74) is 2.97. The average Bonchev–Trinajstić information content (AvgIpc) is 3.49. The Hall–Kier alpha value is -3.59. The Morgan fingerprint density at radius 1 is 1.31 bits per heavy atom. The molecule has 0 saturated heterocycles. The van der Waals surface area contributed by atoms with Gasteiger partial charge in [0.25, 0.3) is 5.91 Å². The number of hydrogen-bond donors (Lipinski definition) is 1. The zero-order chi connectivity index (χ0) is 22.5. The van der Waals surface area contributed by atoms with Crippen molar-refractivity contribution in [3.8, 4) is 0 Å². The highest BCUT2D eigenvalue weighted by Crippen LogP contribution is 2.18. The van der Waals surface area contributed by atoms with Gasteiger partial charge in [-0.25, -0.2) is 15.0 Å². The van der Waals surface area contributed by atoms with E-state index < -0.39 is 5.95 Å². The number of nitrogens with one attached hydrogen (secondary N) is 1. The molecule has 32 heavy (non-hydrogen) atoms. The van der Waals surface area contributed by atoms with E-state index >= 15 is 0 Å². The normalized spacial score (nSPS) is 11.5. The van der Waals surface area contributed by atoms with Gasteiger partial charge in [-0.15, -0.1) is 11.3 Å². The molecular weight excluding hydrogens is 427 g/mol. The Labute approximate surface area is 189 Å². The van der Waals surface area contributed by atoms with Gasteiger partial charge in [0.1, 0.15) is 5.69 Å². The molecule has 4 rings (SSSR count). The standard InChI is InChI=1S/C23H23FN6OS/c1-16(2)30-13-18(26-15-30)5-3-6-19-14-32-23(27-19)28-22(31)20-7-4-10-29(20)12-17-8-9-25-21(24)11-17/h3-5,7-11,13-16H,6,12H2,1-2H3,(H,27,28,31)/b5-3+. The first kappa shape index (κ1) is 21.6. The predicted octanol–water partition coefficient (Wildman–Crippen LogP) is 4.81. The van der Waals surface area contributed by atoms with E-state index in [1.165, 1.54) is 23.6 Å². The molecule has 0 atom stereocenters. The molecular formula is C23H23FN6OS. The van der Waals surface area contributed by atoms with Crippen molar-refractivity contribution in [3.63, 3.8) is 0 Å². The number of anilines is 1. The van der Waals surface area contributed by atoms with Gasteiger partial charge in [0, 0.05) is 43.0 Å². The van der Waals surface area contributed by atoms with Crippen LogP contribution in [0.1, 0.15) is 47.3 Å². The van der Waals surface area contributed by atoms with E-state index in [0.29, 0.717) is 29.8 Å². The van der Waals surface area contributed by atoms with Gasteiger partial charge in [0.05, 0.1) is 17.7 Å². The lowest BCUT2D eigenvalue weighted by atomic mass is 10.2. The zero-order valence-electron chi connectivity index (χ0n) is 17.8. The van der Waals surface area contributed by atoms with E-state index in [1.54, 1.807) is 29.0 Å². The third-order valence-electron chi connectivity index (χ3n) is 4.81. The van der Waals surface area contributed by atoms with Crippen LogP contribution in [0.3, 0.4) is 0 Å². The summed E-state index contributed by atoms with van der Waals surface area (Å²) in [6, 6.07) is 6.96. The number of halogens is 1. The highest BCUT2D eigenvalue weighted by atomic mass is 32.1. The van der Waals surface area contributed by atoms with Crippen molar-refractivity contribution in [2.75, 3.05) is 5.32 Å². The van der Waals surface area contributed by atoms with Crippen LogP contribution in [0.4, 0.5) is 9.52 Å². The fraction of sp³-hybridized carbons (Fsp3) is 0.217. The van der Waals surface area contributed by atoms with Crippen molar-refractivity contribution >= 4 is 28.5 Å². The summed E-state index contributed by atoms with van der Waals surface area (Å²) in [4.78, 5) is 25.2. The number of hydrogen-bond acceptors (Lipinski definition) is 5. The molecule has 0 radical (unpaired) electrons. The van der Waals surface area contributed by atoms with Gasteiger partial charge in [0.2, 0.25) is 5.95 Å². The van der Waals surface area contributed by atoms with Crippen LogP contribution in [0.5, 0.6) is 0 Å². The lowest BCUT2D eigenvalue weighted by molar-refractivity contribution is 0.101. The highest BCUT2D eigenvalue weighted by molar-refractivity contribution is 7.14. The van der Waals surface area contributed by atoms with Gasteiger partial charge < -0.3 is 9.13 Å². The van der Waals surface area contributed by atoms with E-state index in [-0.39, 0.29) is 5.91 Å². The smallest absolute Gasteiger partial charge is 0.274 e. The molecule has 164 valence electrons. The van der Waals surface area contributed by atoms with Crippen LogP contribution >= 0.6 is 11.3 Å². The number of aromatic nitrogens is 5. The van der Waals surface area contributed by atoms with Crippen molar-refractivity contribution in [2.45, 2.75) is 32.9 Å². The molecule has 0 fully saturated rings. The molecule has 0 saturated carbocycles. The zero-order valence-corrected chi connectivity index (χ0v) is 18.6. The number of imidazole rings is 1. The number of pyridine rings is 1. The highest BCUT2D eigenvalue weighted by Gasteiger charge is 2.13. The third-order valence-corrected chi connectivity index (χ3v) is 5.62. The minimum absolute atomic E-state index is 0.264. The van der Waals surface area contributed by atoms with Gasteiger partial charge in [-0.1, -0.05) is 6.08 Å². The molecule has 1 amide bonds. The van der Waals surface area contributed by atoms with Gasteiger partial charge in [-0.2, -0.15) is 4.39 Å². The van der Waals surface area contributed by atoms with Gasteiger partial charge >= 0.3 is 0 Å². The van der Waals surface area contributed by atoms with Crippen LogP contribution < -0.4 is 5.32 Å². The summed E-state index contributed by atoms with van der Waals surface area (Å²) in [5, 5.41) is 5.30. The van der Waals surface area contributed by atoms with Crippen LogP contribution in [0.2, 0.25) is 0 Å². The maximum atomic E-state index is 13.3. The van der Waals surface area contributed by atoms with E-state index in [9.17, 15) is 9.18 Å². The molecule has 4 heterocycles. The lowest BCUT2D eigenvalue weighted by Crippen LogP contribution is -2.17. The Morgan fingerprint density at radius 2 is 2.19 bits per heavy atom. The van der Waals surface area contributed by atoms with Crippen molar-refractivity contribution in [1.82, 2.24) is 24.1 Å². The van der Waals surface area contributed by atoms with Gasteiger partial charge in [-0.05, 0) is 49.8 Å². The van der Waals surface area contributed by atoms with Crippen molar-refractivity contribution in [3.05, 3.63) is 89.2 Å². The first-order chi connectivity index (χ1) is 15.5. The molecule has 9 heteroatoms.